The molecule has 2 aliphatic carbocycles. The molecule has 2 atom stereocenters. The van der Waals surface area contributed by atoms with Gasteiger partial charge in [-0.2, -0.15) is 0 Å². The van der Waals surface area contributed by atoms with Crippen LogP contribution >= 0.6 is 17.0 Å². The standard InChI is InChI=1S/C35H27.C17H15.C2H7Si.2ClH.Zr/c1-5-14-28(15-6-1)33-23-13-16-29-24-27(25-34(29)33)26-35(30-17-7-2-8-18-30,31-19-9-3-10-20-31)32-21-11-4-12-22-32;1-12-10-16-13(2)8-9-15(17(16)11-12)14-6-4-3-5-7-14;1-3-2;;;/h1-25H,26H2;3-11H,1-2H3;3H,1-2H3;2*1H;/q;;;;;+2/p-2. The van der Waals surface area contributed by atoms with Crippen LogP contribution in [-0.2, 0) is 21.0 Å². The first-order valence-corrected chi connectivity index (χ1v) is 36.9. The summed E-state index contributed by atoms with van der Waals surface area (Å²) in [5.41, 5.74) is 17.3. The predicted molar refractivity (Wildman–Crippen MR) is 250 cm³/mol. The monoisotopic (exact) mass is 885 g/mol. The Hall–Kier alpha value is -4.30. The van der Waals surface area contributed by atoms with Gasteiger partial charge in [-0.1, -0.05) is 0 Å². The second-order valence-corrected chi connectivity index (χ2v) is 59.3. The van der Waals surface area contributed by atoms with Gasteiger partial charge in [0.15, 0.2) is 0 Å². The van der Waals surface area contributed by atoms with E-state index in [2.05, 4.69) is 221 Å². The Bertz CT molecular complexity index is 2570. The van der Waals surface area contributed by atoms with Crippen LogP contribution in [0.5, 0.6) is 0 Å². The Balaban J connectivity index is 1.34. The molecular weight excluding hydrogens is 839 g/mol. The molecule has 0 heterocycles. The van der Waals surface area contributed by atoms with E-state index in [1.807, 2.05) is 0 Å². The predicted octanol–water partition coefficient (Wildman–Crippen LogP) is 15.3. The average molecular weight is 888 g/mol. The molecule has 0 aliphatic heterocycles. The van der Waals surface area contributed by atoms with E-state index in [1.54, 1.807) is 0 Å². The van der Waals surface area contributed by atoms with Gasteiger partial charge < -0.3 is 0 Å². The minimum absolute atomic E-state index is 0.0191. The molecule has 7 aromatic carbocycles. The third-order valence-electron chi connectivity index (χ3n) is 13.4. The molecule has 0 nitrogen and oxygen atoms in total. The van der Waals surface area contributed by atoms with E-state index >= 15 is 0 Å². The Morgan fingerprint density at radius 3 is 1.45 bits per heavy atom. The third-order valence-corrected chi connectivity index (χ3v) is 65.4. The average Bonchev–Trinajstić information content (AvgIpc) is 3.83. The van der Waals surface area contributed by atoms with Crippen molar-refractivity contribution in [3.8, 4) is 22.3 Å². The molecule has 0 saturated carbocycles. The van der Waals surface area contributed by atoms with Gasteiger partial charge >= 0.3 is 357 Å². The molecular formula is C54H49Cl2SiZr. The fraction of sp³-hybridized carbons (Fsp3) is 0.148. The second-order valence-electron chi connectivity index (χ2n) is 16.8. The fourth-order valence-corrected chi connectivity index (χ4v) is 42.8. The molecule has 9 rings (SSSR count). The fourth-order valence-electron chi connectivity index (χ4n) is 10.7. The number of fused-ring (bicyclic) bond motifs is 2. The van der Waals surface area contributed by atoms with Crippen LogP contribution in [0.15, 0.2) is 193 Å². The molecule has 4 heteroatoms. The van der Waals surface area contributed by atoms with Crippen LogP contribution in [-0.4, -0.2) is 5.92 Å². The number of aryl methyl sites for hydroxylation is 1. The Labute approximate surface area is 353 Å². The van der Waals surface area contributed by atoms with Gasteiger partial charge in [0, 0.05) is 0 Å². The molecule has 0 amide bonds. The van der Waals surface area contributed by atoms with Gasteiger partial charge in [0.25, 0.3) is 0 Å². The van der Waals surface area contributed by atoms with E-state index in [-0.39, 0.29) is 7.25 Å². The van der Waals surface area contributed by atoms with Gasteiger partial charge in [-0.15, -0.1) is 0 Å². The zero-order valence-electron chi connectivity index (χ0n) is 33.7. The van der Waals surface area contributed by atoms with Crippen molar-refractivity contribution in [3.05, 3.63) is 238 Å². The quantitative estimate of drug-likeness (QED) is 0.0948. The maximum absolute atomic E-state index is 9.08. The molecule has 2 unspecified atom stereocenters. The van der Waals surface area contributed by atoms with Crippen LogP contribution in [0.2, 0.25) is 13.1 Å². The van der Waals surface area contributed by atoms with Crippen molar-refractivity contribution in [1.82, 2.24) is 0 Å². The number of benzene rings is 7. The van der Waals surface area contributed by atoms with Crippen LogP contribution in [0.1, 0.15) is 65.1 Å². The molecule has 0 bridgehead atoms. The molecule has 287 valence electrons. The van der Waals surface area contributed by atoms with Crippen molar-refractivity contribution in [2.75, 3.05) is 0 Å². The molecule has 2 aliphatic rings. The van der Waals surface area contributed by atoms with Crippen molar-refractivity contribution in [2.45, 2.75) is 46.0 Å². The van der Waals surface area contributed by atoms with Gasteiger partial charge in [0.05, 0.1) is 0 Å². The number of hydrogen-bond acceptors (Lipinski definition) is 0. The van der Waals surface area contributed by atoms with Crippen molar-refractivity contribution in [3.63, 3.8) is 0 Å². The Morgan fingerprint density at radius 1 is 0.500 bits per heavy atom. The summed E-state index contributed by atoms with van der Waals surface area (Å²) >= 11 is -5.22. The molecule has 58 heavy (non-hydrogen) atoms. The van der Waals surface area contributed by atoms with Gasteiger partial charge in [0.1, 0.15) is 0 Å². The first-order chi connectivity index (χ1) is 28.1. The van der Waals surface area contributed by atoms with Crippen molar-refractivity contribution in [1.29, 1.82) is 0 Å². The van der Waals surface area contributed by atoms with E-state index in [9.17, 15) is 0 Å². The molecule has 0 spiro atoms. The summed E-state index contributed by atoms with van der Waals surface area (Å²) < 4.78 is -0.112. The van der Waals surface area contributed by atoms with Crippen LogP contribution in [0.4, 0.5) is 0 Å². The van der Waals surface area contributed by atoms with Crippen molar-refractivity contribution < 1.29 is 15.6 Å². The van der Waals surface area contributed by atoms with E-state index in [4.69, 9.17) is 17.0 Å². The molecule has 0 radical (unpaired) electrons. The summed E-state index contributed by atoms with van der Waals surface area (Å²) in [4.78, 5) is 0. The van der Waals surface area contributed by atoms with E-state index < -0.39 is 26.9 Å². The van der Waals surface area contributed by atoms with E-state index in [0.29, 0.717) is 0 Å². The molecule has 0 aromatic heterocycles. The zero-order valence-corrected chi connectivity index (χ0v) is 38.8. The summed E-state index contributed by atoms with van der Waals surface area (Å²) in [6.45, 7) is 9.51. The summed E-state index contributed by atoms with van der Waals surface area (Å²) in [5.74, 6) is -1.85. The Kier molecular flexibility index (Phi) is 10.4. The number of hydrogen-bond donors (Lipinski definition) is 0. The van der Waals surface area contributed by atoms with Crippen molar-refractivity contribution >= 4 is 35.1 Å². The normalized spacial score (nSPS) is 16.9. The SMILES string of the molecule is CC1=Cc2c(-c3ccccc3)ccc(C)c2[CH]1[Zr]([Cl])([Cl])([CH]1C(CC(c2ccccc2)(c2ccccc2)c2ccccc2)=Cc2c(-c3ccccc3)cccc21)[SiH](C)C. The topological polar surface area (TPSA) is 0 Å². The summed E-state index contributed by atoms with van der Waals surface area (Å²) in [6.07, 6.45) is 5.71. The summed E-state index contributed by atoms with van der Waals surface area (Å²) in [5, 5.41) is 0. The molecule has 0 saturated heterocycles. The molecule has 0 N–H and O–H groups in total. The van der Waals surface area contributed by atoms with Crippen LogP contribution in [0.3, 0.4) is 0 Å². The Morgan fingerprint density at radius 2 is 0.966 bits per heavy atom. The van der Waals surface area contributed by atoms with Crippen LogP contribution in [0, 0.1) is 6.92 Å². The molecule has 7 aromatic rings. The summed E-state index contributed by atoms with van der Waals surface area (Å²) in [7, 11) is 18.2. The second kappa shape index (κ2) is 15.4. The van der Waals surface area contributed by atoms with E-state index in [1.165, 1.54) is 77.9 Å². The van der Waals surface area contributed by atoms with Gasteiger partial charge in [-0.05, 0) is 0 Å². The van der Waals surface area contributed by atoms with E-state index in [0.717, 1.165) is 6.42 Å². The zero-order chi connectivity index (χ0) is 40.1. The van der Waals surface area contributed by atoms with Gasteiger partial charge in [-0.3, -0.25) is 0 Å². The first-order valence-electron chi connectivity index (χ1n) is 20.6. The third kappa shape index (κ3) is 6.26. The number of allylic oxidation sites excluding steroid dienone is 2. The van der Waals surface area contributed by atoms with Gasteiger partial charge in [0.2, 0.25) is 0 Å². The van der Waals surface area contributed by atoms with Crippen LogP contribution in [0.25, 0.3) is 34.4 Å². The maximum atomic E-state index is 9.08. The number of rotatable bonds is 10. The molecule has 0 fully saturated rings. The van der Waals surface area contributed by atoms with Crippen LogP contribution < -0.4 is 0 Å². The first kappa shape index (κ1) is 39.2. The van der Waals surface area contributed by atoms with Crippen molar-refractivity contribution in [2.24, 2.45) is 0 Å². The van der Waals surface area contributed by atoms with Gasteiger partial charge in [-0.25, -0.2) is 0 Å². The number of halogens is 2. The summed E-state index contributed by atoms with van der Waals surface area (Å²) in [6, 6.07) is 66.5. The minimum atomic E-state index is -5.22.